The van der Waals surface area contributed by atoms with Gasteiger partial charge in [0.15, 0.2) is 0 Å². The molecule has 5 nitrogen and oxygen atoms in total. The van der Waals surface area contributed by atoms with E-state index >= 15 is 0 Å². The van der Waals surface area contributed by atoms with E-state index in [2.05, 4.69) is 0 Å². The lowest BCUT2D eigenvalue weighted by Gasteiger charge is -2.23. The summed E-state index contributed by atoms with van der Waals surface area (Å²) in [5, 5.41) is 0.596. The van der Waals surface area contributed by atoms with Gasteiger partial charge in [0.05, 0.1) is 18.5 Å². The Kier molecular flexibility index (Phi) is 6.67. The van der Waals surface area contributed by atoms with E-state index in [-0.39, 0.29) is 12.5 Å². The van der Waals surface area contributed by atoms with Crippen LogP contribution in [0, 0.1) is 0 Å². The summed E-state index contributed by atoms with van der Waals surface area (Å²) in [4.78, 5) is 14.1. The van der Waals surface area contributed by atoms with Crippen LogP contribution in [0.3, 0.4) is 0 Å². The molecular weight excluding hydrogens is 372 g/mol. The fourth-order valence-electron chi connectivity index (χ4n) is 2.62. The van der Waals surface area contributed by atoms with Gasteiger partial charge >= 0.3 is 0 Å². The second kappa shape index (κ2) is 8.56. The number of rotatable bonds is 7. The molecule has 0 atom stereocenters. The molecule has 0 bridgehead atoms. The van der Waals surface area contributed by atoms with E-state index in [0.29, 0.717) is 29.4 Å². The third-order valence-electron chi connectivity index (χ3n) is 4.09. The van der Waals surface area contributed by atoms with Crippen LogP contribution in [0.25, 0.3) is 0 Å². The number of anilines is 1. The molecule has 0 fully saturated rings. The highest BCUT2D eigenvalue weighted by Gasteiger charge is 2.19. The SMILES string of the molecule is CCN(CC)C(=O)c1ccc(N(Cc2ccc(Cl)cc2)S(C)(=O)=O)cc1. The molecule has 0 aliphatic carbocycles. The molecule has 0 aliphatic heterocycles. The lowest BCUT2D eigenvalue weighted by atomic mass is 10.1. The number of carbonyl (C=O) groups is 1. The summed E-state index contributed by atoms with van der Waals surface area (Å²) in [6.45, 7) is 5.30. The highest BCUT2D eigenvalue weighted by atomic mass is 35.5. The van der Waals surface area contributed by atoms with Crippen LogP contribution in [0.2, 0.25) is 5.02 Å². The van der Waals surface area contributed by atoms with Gasteiger partial charge in [0.2, 0.25) is 10.0 Å². The average Bonchev–Trinajstić information content (AvgIpc) is 2.61. The second-order valence-electron chi connectivity index (χ2n) is 5.92. The lowest BCUT2D eigenvalue weighted by Crippen LogP contribution is -2.31. The van der Waals surface area contributed by atoms with Gasteiger partial charge in [0.1, 0.15) is 0 Å². The maximum atomic E-state index is 12.4. The van der Waals surface area contributed by atoms with Crippen molar-refractivity contribution in [1.82, 2.24) is 4.90 Å². The third kappa shape index (κ3) is 4.99. The molecule has 140 valence electrons. The van der Waals surface area contributed by atoms with Crippen molar-refractivity contribution in [3.63, 3.8) is 0 Å². The topological polar surface area (TPSA) is 57.7 Å². The predicted molar refractivity (Wildman–Crippen MR) is 106 cm³/mol. The molecular formula is C19H23ClN2O3S. The molecule has 0 N–H and O–H groups in total. The summed E-state index contributed by atoms with van der Waals surface area (Å²) in [6.07, 6.45) is 1.16. The fraction of sp³-hybridized carbons (Fsp3) is 0.316. The van der Waals surface area contributed by atoms with Crippen LogP contribution in [0.1, 0.15) is 29.8 Å². The summed E-state index contributed by atoms with van der Waals surface area (Å²) in [7, 11) is -3.48. The smallest absolute Gasteiger partial charge is 0.253 e. The van der Waals surface area contributed by atoms with Crippen LogP contribution < -0.4 is 4.31 Å². The van der Waals surface area contributed by atoms with Gasteiger partial charge in [-0.3, -0.25) is 9.10 Å². The van der Waals surface area contributed by atoms with E-state index in [0.717, 1.165) is 11.8 Å². The zero-order valence-corrected chi connectivity index (χ0v) is 16.7. The van der Waals surface area contributed by atoms with Gasteiger partial charge in [-0.2, -0.15) is 0 Å². The Bertz CT molecular complexity index is 845. The molecule has 2 aromatic carbocycles. The fourth-order valence-corrected chi connectivity index (χ4v) is 3.63. The summed E-state index contributed by atoms with van der Waals surface area (Å²) in [5.74, 6) is -0.0647. The van der Waals surface area contributed by atoms with E-state index in [9.17, 15) is 13.2 Å². The van der Waals surface area contributed by atoms with Crippen molar-refractivity contribution in [1.29, 1.82) is 0 Å². The monoisotopic (exact) mass is 394 g/mol. The first-order valence-electron chi connectivity index (χ1n) is 8.37. The summed E-state index contributed by atoms with van der Waals surface area (Å²) in [5.41, 5.74) is 1.87. The molecule has 0 saturated heterocycles. The molecule has 0 unspecified atom stereocenters. The van der Waals surface area contributed by atoms with Crippen LogP contribution in [-0.2, 0) is 16.6 Å². The van der Waals surface area contributed by atoms with E-state index in [1.54, 1.807) is 53.4 Å². The van der Waals surface area contributed by atoms with Crippen molar-refractivity contribution in [2.75, 3.05) is 23.7 Å². The van der Waals surface area contributed by atoms with E-state index in [4.69, 9.17) is 11.6 Å². The van der Waals surface area contributed by atoms with E-state index in [1.165, 1.54) is 4.31 Å². The van der Waals surface area contributed by atoms with Gasteiger partial charge in [-0.25, -0.2) is 8.42 Å². The normalized spacial score (nSPS) is 11.2. The van der Waals surface area contributed by atoms with Gasteiger partial charge in [-0.1, -0.05) is 23.7 Å². The highest BCUT2D eigenvalue weighted by molar-refractivity contribution is 7.92. The molecule has 0 heterocycles. The van der Waals surface area contributed by atoms with Crippen LogP contribution in [-0.4, -0.2) is 38.6 Å². The molecule has 0 aliphatic rings. The number of benzene rings is 2. The third-order valence-corrected chi connectivity index (χ3v) is 5.49. The predicted octanol–water partition coefficient (Wildman–Crippen LogP) is 3.79. The molecule has 1 amide bonds. The molecule has 26 heavy (non-hydrogen) atoms. The maximum absolute atomic E-state index is 12.4. The van der Waals surface area contributed by atoms with Crippen molar-refractivity contribution < 1.29 is 13.2 Å². The van der Waals surface area contributed by atoms with Gasteiger partial charge in [-0.05, 0) is 55.8 Å². The van der Waals surface area contributed by atoms with Gasteiger partial charge in [0.25, 0.3) is 5.91 Å². The van der Waals surface area contributed by atoms with Gasteiger partial charge in [-0.15, -0.1) is 0 Å². The minimum absolute atomic E-state index is 0.0647. The number of hydrogen-bond donors (Lipinski definition) is 0. The standard InChI is InChI=1S/C19H23ClN2O3S/c1-4-21(5-2)19(23)16-8-12-18(13-9-16)22(26(3,24)25)14-15-6-10-17(20)11-7-15/h6-13H,4-5,14H2,1-3H3. The number of hydrogen-bond acceptors (Lipinski definition) is 3. The first-order valence-corrected chi connectivity index (χ1v) is 10.6. The zero-order valence-electron chi connectivity index (χ0n) is 15.1. The molecule has 0 saturated carbocycles. The Labute approximate surface area is 160 Å². The molecule has 0 aromatic heterocycles. The molecule has 2 rings (SSSR count). The first-order chi connectivity index (χ1) is 12.3. The Balaban J connectivity index is 2.29. The largest absolute Gasteiger partial charge is 0.339 e. The Morgan fingerprint density at radius 3 is 1.96 bits per heavy atom. The van der Waals surface area contributed by atoms with Gasteiger partial charge < -0.3 is 4.90 Å². The van der Waals surface area contributed by atoms with Crippen molar-refractivity contribution in [2.45, 2.75) is 20.4 Å². The molecule has 0 radical (unpaired) electrons. The summed E-state index contributed by atoms with van der Waals surface area (Å²) in [6, 6.07) is 13.7. The Morgan fingerprint density at radius 1 is 0.962 bits per heavy atom. The second-order valence-corrected chi connectivity index (χ2v) is 8.26. The average molecular weight is 395 g/mol. The Morgan fingerprint density at radius 2 is 1.50 bits per heavy atom. The number of sulfonamides is 1. The molecule has 2 aromatic rings. The quantitative estimate of drug-likeness (QED) is 0.717. The number of carbonyl (C=O) groups excluding carboxylic acids is 1. The zero-order chi connectivity index (χ0) is 19.3. The van der Waals surface area contributed by atoms with E-state index < -0.39 is 10.0 Å². The lowest BCUT2D eigenvalue weighted by molar-refractivity contribution is 0.0773. The van der Waals surface area contributed by atoms with Crippen LogP contribution in [0.5, 0.6) is 0 Å². The maximum Gasteiger partial charge on any atom is 0.253 e. The van der Waals surface area contributed by atoms with E-state index in [1.807, 2.05) is 13.8 Å². The van der Waals surface area contributed by atoms with Crippen molar-refractivity contribution in [3.8, 4) is 0 Å². The van der Waals surface area contributed by atoms with Crippen molar-refractivity contribution in [3.05, 3.63) is 64.7 Å². The summed E-state index contributed by atoms with van der Waals surface area (Å²) < 4.78 is 25.8. The van der Waals surface area contributed by atoms with Gasteiger partial charge in [0, 0.05) is 23.7 Å². The molecule has 0 spiro atoms. The van der Waals surface area contributed by atoms with Crippen molar-refractivity contribution in [2.24, 2.45) is 0 Å². The minimum Gasteiger partial charge on any atom is -0.339 e. The minimum atomic E-state index is -3.48. The van der Waals surface area contributed by atoms with Crippen molar-refractivity contribution >= 4 is 33.2 Å². The first kappa shape index (κ1) is 20.3. The Hall–Kier alpha value is -2.05. The molecule has 7 heteroatoms. The highest BCUT2D eigenvalue weighted by Crippen LogP contribution is 2.22. The number of amides is 1. The number of nitrogens with zero attached hydrogens (tertiary/aromatic N) is 2. The summed E-state index contributed by atoms with van der Waals surface area (Å²) >= 11 is 5.88. The van der Waals surface area contributed by atoms with Crippen LogP contribution in [0.4, 0.5) is 5.69 Å². The number of halogens is 1. The van der Waals surface area contributed by atoms with Crippen LogP contribution >= 0.6 is 11.6 Å². The van der Waals surface area contributed by atoms with Crippen LogP contribution in [0.15, 0.2) is 48.5 Å².